The lowest BCUT2D eigenvalue weighted by Gasteiger charge is -2.31. The van der Waals surface area contributed by atoms with Crippen molar-refractivity contribution in [2.75, 3.05) is 6.61 Å². The quantitative estimate of drug-likeness (QED) is 0.657. The average molecular weight is 463 g/mol. The Morgan fingerprint density at radius 2 is 1.64 bits per heavy atom. The molecule has 28 heavy (non-hydrogen) atoms. The number of halogens is 1. The largest absolute Gasteiger partial charge is 0.395 e. The van der Waals surface area contributed by atoms with Gasteiger partial charge < -0.3 is 10.2 Å². The molecule has 2 rings (SSSR count). The smallest absolute Gasteiger partial charge is 0.243 e. The van der Waals surface area contributed by atoms with Crippen molar-refractivity contribution in [3.8, 4) is 6.07 Å². The van der Waals surface area contributed by atoms with E-state index in [2.05, 4.69) is 0 Å². The van der Waals surface area contributed by atoms with Crippen molar-refractivity contribution in [3.63, 3.8) is 0 Å². The molecule has 154 valence electrons. The van der Waals surface area contributed by atoms with E-state index in [0.29, 0.717) is 16.1 Å². The van der Waals surface area contributed by atoms with Crippen LogP contribution in [0.2, 0.25) is 5.02 Å². The number of hydrogen-bond donors (Lipinski definition) is 2. The van der Waals surface area contributed by atoms with E-state index >= 15 is 0 Å². The lowest BCUT2D eigenvalue weighted by Crippen LogP contribution is -2.47. The Bertz CT molecular complexity index is 883. The molecule has 2 aromatic rings. The highest BCUT2D eigenvalue weighted by Gasteiger charge is 2.34. The number of benzene rings is 2. The van der Waals surface area contributed by atoms with Gasteiger partial charge in [-0.05, 0) is 48.9 Å². The van der Waals surface area contributed by atoms with Crippen molar-refractivity contribution in [1.82, 2.24) is 4.31 Å². The van der Waals surface area contributed by atoms with Crippen molar-refractivity contribution < 1.29 is 18.6 Å². The molecule has 0 aliphatic rings. The summed E-state index contributed by atoms with van der Waals surface area (Å²) in [7, 11) is -4.00. The topological polar surface area (TPSA) is 102 Å². The van der Waals surface area contributed by atoms with Crippen molar-refractivity contribution in [2.45, 2.75) is 30.5 Å². The number of nitrogens with zero attached hydrogens (tertiary/aromatic N) is 2. The second-order valence-electron chi connectivity index (χ2n) is 5.80. The molecule has 0 amide bonds. The molecule has 0 saturated heterocycles. The monoisotopic (exact) mass is 462 g/mol. The van der Waals surface area contributed by atoms with Gasteiger partial charge in [0.1, 0.15) is 0 Å². The summed E-state index contributed by atoms with van der Waals surface area (Å²) < 4.78 is 27.2. The number of nitriles is 1. The van der Waals surface area contributed by atoms with E-state index in [1.807, 2.05) is 6.07 Å². The van der Waals surface area contributed by atoms with E-state index in [1.165, 1.54) is 31.2 Å². The highest BCUT2D eigenvalue weighted by atomic mass is 35.5. The van der Waals surface area contributed by atoms with Gasteiger partial charge >= 0.3 is 0 Å². The lowest BCUT2D eigenvalue weighted by molar-refractivity contribution is 0.0616. The van der Waals surface area contributed by atoms with Crippen molar-refractivity contribution >= 4 is 48.6 Å². The predicted octanol–water partition coefficient (Wildman–Crippen LogP) is 2.37. The highest BCUT2D eigenvalue weighted by Crippen LogP contribution is 2.24. The molecular formula is C18H23ClN2O4S3. The molecule has 0 aromatic heterocycles. The Balaban J connectivity index is 0.00000364. The maximum atomic E-state index is 13.1. The maximum absolute atomic E-state index is 13.1. The van der Waals surface area contributed by atoms with Crippen LogP contribution in [0.1, 0.15) is 18.1 Å². The van der Waals surface area contributed by atoms with Gasteiger partial charge in [0.05, 0.1) is 35.3 Å². The molecule has 2 N–H and O–H groups in total. The van der Waals surface area contributed by atoms with Gasteiger partial charge in [0.15, 0.2) is 0 Å². The second kappa shape index (κ2) is 11.7. The molecule has 10 heteroatoms. The molecule has 1 unspecified atom stereocenters. The molecular weight excluding hydrogens is 440 g/mol. The van der Waals surface area contributed by atoms with Crippen LogP contribution in [0.25, 0.3) is 0 Å². The summed E-state index contributed by atoms with van der Waals surface area (Å²) in [4.78, 5) is 0.00893. The molecule has 0 saturated carbocycles. The SMILES string of the molecule is C[C@H](O)C(CO)N(Cc1ccc(C#N)cc1)S(=O)(=O)c1ccc(Cl)cc1.S.S. The number of hydrogen-bond acceptors (Lipinski definition) is 5. The van der Waals surface area contributed by atoms with Gasteiger partial charge in [-0.15, -0.1) is 0 Å². The molecule has 0 fully saturated rings. The summed E-state index contributed by atoms with van der Waals surface area (Å²) in [5.41, 5.74) is 1.08. The Morgan fingerprint density at radius 1 is 1.11 bits per heavy atom. The van der Waals surface area contributed by atoms with Gasteiger partial charge in [-0.2, -0.15) is 36.6 Å². The van der Waals surface area contributed by atoms with Gasteiger partial charge in [0, 0.05) is 11.6 Å². The predicted molar refractivity (Wildman–Crippen MR) is 119 cm³/mol. The molecule has 6 nitrogen and oxygen atoms in total. The normalized spacial score (nSPS) is 13.0. The number of aliphatic hydroxyl groups excluding tert-OH is 2. The van der Waals surface area contributed by atoms with Gasteiger partial charge in [-0.3, -0.25) is 0 Å². The van der Waals surface area contributed by atoms with Crippen LogP contribution in [0.4, 0.5) is 0 Å². The maximum Gasteiger partial charge on any atom is 0.243 e. The Kier molecular flexibility index (Phi) is 11.2. The van der Waals surface area contributed by atoms with E-state index in [0.717, 1.165) is 4.31 Å². The Labute approximate surface area is 184 Å². The summed E-state index contributed by atoms with van der Waals surface area (Å²) in [6.45, 7) is 0.817. The molecule has 0 radical (unpaired) electrons. The lowest BCUT2D eigenvalue weighted by atomic mass is 10.1. The third-order valence-electron chi connectivity index (χ3n) is 3.96. The summed E-state index contributed by atoms with van der Waals surface area (Å²) in [5.74, 6) is 0. The van der Waals surface area contributed by atoms with Crippen LogP contribution in [-0.4, -0.2) is 41.7 Å². The van der Waals surface area contributed by atoms with Crippen LogP contribution in [0, 0.1) is 11.3 Å². The third-order valence-corrected chi connectivity index (χ3v) is 6.09. The van der Waals surface area contributed by atoms with Gasteiger partial charge in [-0.25, -0.2) is 8.42 Å². The molecule has 2 atom stereocenters. The minimum atomic E-state index is -4.00. The van der Waals surface area contributed by atoms with Crippen LogP contribution in [0.3, 0.4) is 0 Å². The van der Waals surface area contributed by atoms with Gasteiger partial charge in [0.25, 0.3) is 0 Å². The summed E-state index contributed by atoms with van der Waals surface area (Å²) >= 11 is 5.83. The molecule has 0 bridgehead atoms. The first-order valence-electron chi connectivity index (χ1n) is 7.85. The van der Waals surface area contributed by atoms with Crippen molar-refractivity contribution in [2.24, 2.45) is 0 Å². The molecule has 0 spiro atoms. The van der Waals surface area contributed by atoms with E-state index in [9.17, 15) is 18.6 Å². The van der Waals surface area contributed by atoms with Gasteiger partial charge in [-0.1, -0.05) is 23.7 Å². The Morgan fingerprint density at radius 3 is 2.07 bits per heavy atom. The fourth-order valence-corrected chi connectivity index (χ4v) is 4.27. The van der Waals surface area contributed by atoms with E-state index in [1.54, 1.807) is 24.3 Å². The molecule has 0 heterocycles. The van der Waals surface area contributed by atoms with Crippen LogP contribution >= 0.6 is 38.6 Å². The van der Waals surface area contributed by atoms with E-state index in [-0.39, 0.29) is 38.4 Å². The van der Waals surface area contributed by atoms with Crippen LogP contribution in [0.5, 0.6) is 0 Å². The minimum absolute atomic E-state index is 0. The number of rotatable bonds is 7. The second-order valence-corrected chi connectivity index (χ2v) is 8.13. The number of sulfonamides is 1. The highest BCUT2D eigenvalue weighted by molar-refractivity contribution is 7.89. The standard InChI is InChI=1S/C18H19ClN2O4S.2H2S/c1-13(23)18(12-22)21(11-15-4-2-14(10-20)3-5-15)26(24,25)17-8-6-16(19)7-9-17;;/h2-9,13,18,22-23H,11-12H2,1H3;2*1H2/t13-,18?;;/m0../s1. The molecule has 0 aliphatic carbocycles. The first-order chi connectivity index (χ1) is 12.3. The average Bonchev–Trinajstić information content (AvgIpc) is 2.62. The van der Waals surface area contributed by atoms with Crippen LogP contribution in [0.15, 0.2) is 53.4 Å². The fourth-order valence-electron chi connectivity index (χ4n) is 2.47. The number of aliphatic hydroxyl groups is 2. The summed E-state index contributed by atoms with van der Waals surface area (Å²) in [5, 5.41) is 28.9. The summed E-state index contributed by atoms with van der Waals surface area (Å²) in [6, 6.07) is 13.1. The molecule has 2 aromatic carbocycles. The van der Waals surface area contributed by atoms with E-state index < -0.39 is 28.8 Å². The first kappa shape index (κ1) is 26.8. The van der Waals surface area contributed by atoms with E-state index in [4.69, 9.17) is 16.9 Å². The van der Waals surface area contributed by atoms with Crippen molar-refractivity contribution in [1.29, 1.82) is 5.26 Å². The van der Waals surface area contributed by atoms with Crippen LogP contribution < -0.4 is 0 Å². The minimum Gasteiger partial charge on any atom is -0.395 e. The zero-order valence-corrected chi connectivity index (χ0v) is 18.7. The zero-order chi connectivity index (χ0) is 19.3. The zero-order valence-electron chi connectivity index (χ0n) is 15.1. The molecule has 0 aliphatic heterocycles. The summed E-state index contributed by atoms with van der Waals surface area (Å²) in [6.07, 6.45) is -1.08. The Hall–Kier alpha value is -1.25. The fraction of sp³-hybridized carbons (Fsp3) is 0.278. The van der Waals surface area contributed by atoms with Gasteiger partial charge in [0.2, 0.25) is 10.0 Å². The third kappa shape index (κ3) is 6.39. The van der Waals surface area contributed by atoms with Crippen LogP contribution in [-0.2, 0) is 16.6 Å². The first-order valence-corrected chi connectivity index (χ1v) is 9.66. The van der Waals surface area contributed by atoms with Crippen molar-refractivity contribution in [3.05, 3.63) is 64.7 Å².